The molecule has 1 aromatic carbocycles. The molecule has 3 rings (SSSR count). The first-order valence-corrected chi connectivity index (χ1v) is 12.6. The van der Waals surface area contributed by atoms with Gasteiger partial charge in [-0.25, -0.2) is 0 Å². The van der Waals surface area contributed by atoms with Gasteiger partial charge in [0.15, 0.2) is 0 Å². The lowest BCUT2D eigenvalue weighted by Gasteiger charge is -2.31. The zero-order valence-corrected chi connectivity index (χ0v) is 19.0. The van der Waals surface area contributed by atoms with E-state index in [4.69, 9.17) is 9.47 Å². The molecule has 0 spiro atoms. The largest absolute Gasteiger partial charge is 0.373 e. The highest BCUT2D eigenvalue weighted by molar-refractivity contribution is 5.27. The van der Waals surface area contributed by atoms with E-state index in [2.05, 4.69) is 38.1 Å². The minimum Gasteiger partial charge on any atom is -0.373 e. The van der Waals surface area contributed by atoms with Crippen LogP contribution in [0.25, 0.3) is 0 Å². The quantitative estimate of drug-likeness (QED) is 0.351. The Morgan fingerprint density at radius 3 is 2.00 bits per heavy atom. The van der Waals surface area contributed by atoms with Gasteiger partial charge >= 0.3 is 0 Å². The molecule has 1 aromatic rings. The molecule has 1 heterocycles. The number of hydrogen-bond acceptors (Lipinski definition) is 2. The number of ether oxygens (including phenoxy) is 2. The van der Waals surface area contributed by atoms with Crippen molar-refractivity contribution in [3.8, 4) is 0 Å². The van der Waals surface area contributed by atoms with E-state index in [-0.39, 0.29) is 6.10 Å². The van der Waals surface area contributed by atoms with E-state index in [0.29, 0.717) is 12.7 Å². The normalized spacial score (nSPS) is 27.8. The average Bonchev–Trinajstić information content (AvgIpc) is 2.78. The molecule has 2 unspecified atom stereocenters. The SMILES string of the molecule is CCCCCCC1COC(c2ccc(C3CCC(CCCCC)CC3)cc2)CO1. The maximum Gasteiger partial charge on any atom is 0.106 e. The van der Waals surface area contributed by atoms with Crippen molar-refractivity contribution >= 4 is 0 Å². The van der Waals surface area contributed by atoms with Crippen molar-refractivity contribution in [2.24, 2.45) is 5.92 Å². The van der Waals surface area contributed by atoms with Gasteiger partial charge in [0.25, 0.3) is 0 Å². The molecule has 0 amide bonds. The van der Waals surface area contributed by atoms with Gasteiger partial charge in [-0.3, -0.25) is 0 Å². The zero-order chi connectivity index (χ0) is 20.3. The molecule has 2 heteroatoms. The monoisotopic (exact) mass is 400 g/mol. The van der Waals surface area contributed by atoms with Crippen LogP contribution >= 0.6 is 0 Å². The summed E-state index contributed by atoms with van der Waals surface area (Å²) < 4.78 is 12.3. The van der Waals surface area contributed by atoms with Crippen LogP contribution < -0.4 is 0 Å². The summed E-state index contributed by atoms with van der Waals surface area (Å²) in [5.41, 5.74) is 2.82. The third-order valence-corrected chi connectivity index (χ3v) is 7.19. The fourth-order valence-electron chi connectivity index (χ4n) is 5.15. The Morgan fingerprint density at radius 2 is 1.34 bits per heavy atom. The maximum absolute atomic E-state index is 6.15. The molecule has 0 radical (unpaired) electrons. The van der Waals surface area contributed by atoms with Crippen molar-refractivity contribution in [2.75, 3.05) is 13.2 Å². The van der Waals surface area contributed by atoms with Crippen molar-refractivity contribution in [3.05, 3.63) is 35.4 Å². The van der Waals surface area contributed by atoms with Gasteiger partial charge < -0.3 is 9.47 Å². The first-order chi connectivity index (χ1) is 14.3. The van der Waals surface area contributed by atoms with E-state index in [1.807, 2.05) is 0 Å². The van der Waals surface area contributed by atoms with E-state index in [0.717, 1.165) is 24.9 Å². The second kappa shape index (κ2) is 12.7. The van der Waals surface area contributed by atoms with Gasteiger partial charge in [0, 0.05) is 0 Å². The summed E-state index contributed by atoms with van der Waals surface area (Å²) in [7, 11) is 0. The third kappa shape index (κ3) is 7.40. The van der Waals surface area contributed by atoms with E-state index < -0.39 is 0 Å². The third-order valence-electron chi connectivity index (χ3n) is 7.19. The Bertz CT molecular complexity index is 536. The number of rotatable bonds is 11. The van der Waals surface area contributed by atoms with Crippen molar-refractivity contribution < 1.29 is 9.47 Å². The van der Waals surface area contributed by atoms with Gasteiger partial charge in [0.05, 0.1) is 19.3 Å². The highest BCUT2D eigenvalue weighted by Gasteiger charge is 2.25. The molecule has 164 valence electrons. The Kier molecular flexibility index (Phi) is 10.0. The predicted molar refractivity (Wildman–Crippen MR) is 122 cm³/mol. The zero-order valence-electron chi connectivity index (χ0n) is 19.0. The fraction of sp³-hybridized carbons (Fsp3) is 0.778. The van der Waals surface area contributed by atoms with Gasteiger partial charge in [-0.1, -0.05) is 89.5 Å². The molecule has 2 aliphatic rings. The first-order valence-electron chi connectivity index (χ1n) is 12.6. The lowest BCUT2D eigenvalue weighted by atomic mass is 9.77. The highest BCUT2D eigenvalue weighted by Crippen LogP contribution is 2.38. The van der Waals surface area contributed by atoms with Crippen LogP contribution in [0, 0.1) is 5.92 Å². The molecule has 0 aromatic heterocycles. The van der Waals surface area contributed by atoms with Gasteiger partial charge in [-0.2, -0.15) is 0 Å². The lowest BCUT2D eigenvalue weighted by molar-refractivity contribution is -0.137. The molecule has 1 saturated carbocycles. The molecule has 0 N–H and O–H groups in total. The fourth-order valence-corrected chi connectivity index (χ4v) is 5.15. The smallest absolute Gasteiger partial charge is 0.106 e. The first kappa shape index (κ1) is 22.8. The maximum atomic E-state index is 6.15. The van der Waals surface area contributed by atoms with Gasteiger partial charge in [0.1, 0.15) is 6.10 Å². The Balaban J connectivity index is 1.38. The van der Waals surface area contributed by atoms with Gasteiger partial charge in [-0.15, -0.1) is 0 Å². The van der Waals surface area contributed by atoms with Crippen LogP contribution in [0.5, 0.6) is 0 Å². The average molecular weight is 401 g/mol. The molecule has 2 fully saturated rings. The summed E-state index contributed by atoms with van der Waals surface area (Å²) in [6.07, 6.45) is 18.0. The second-order valence-electron chi connectivity index (χ2n) is 9.51. The number of benzene rings is 1. The standard InChI is InChI=1S/C27H44O2/c1-3-5-7-9-11-26-20-29-27(21-28-26)25-18-16-24(17-19-25)23-14-12-22(13-15-23)10-8-6-4-2/h16-19,22-23,26-27H,3-15,20-21H2,1-2H3. The summed E-state index contributed by atoms with van der Waals surface area (Å²) in [4.78, 5) is 0. The van der Waals surface area contributed by atoms with Crippen LogP contribution in [-0.2, 0) is 9.47 Å². The van der Waals surface area contributed by atoms with E-state index in [9.17, 15) is 0 Å². The summed E-state index contributed by atoms with van der Waals surface area (Å²) in [6, 6.07) is 9.30. The van der Waals surface area contributed by atoms with Gasteiger partial charge in [0.2, 0.25) is 0 Å². The van der Waals surface area contributed by atoms with Crippen LogP contribution in [0.4, 0.5) is 0 Å². The second-order valence-corrected chi connectivity index (χ2v) is 9.51. The van der Waals surface area contributed by atoms with Crippen LogP contribution in [0.3, 0.4) is 0 Å². The predicted octanol–water partition coefficient (Wildman–Crippen LogP) is 7.97. The molecule has 2 nitrogen and oxygen atoms in total. The van der Waals surface area contributed by atoms with Crippen LogP contribution in [0.2, 0.25) is 0 Å². The Hall–Kier alpha value is -0.860. The van der Waals surface area contributed by atoms with Crippen LogP contribution in [-0.4, -0.2) is 19.3 Å². The van der Waals surface area contributed by atoms with Crippen molar-refractivity contribution in [3.63, 3.8) is 0 Å². The van der Waals surface area contributed by atoms with Crippen LogP contribution in [0.1, 0.15) is 120 Å². The van der Waals surface area contributed by atoms with E-state index >= 15 is 0 Å². The van der Waals surface area contributed by atoms with Crippen molar-refractivity contribution in [1.29, 1.82) is 0 Å². The van der Waals surface area contributed by atoms with Crippen molar-refractivity contribution in [2.45, 2.75) is 115 Å². The molecule has 2 atom stereocenters. The molecule has 1 saturated heterocycles. The minimum absolute atomic E-state index is 0.116. The minimum atomic E-state index is 0.116. The topological polar surface area (TPSA) is 18.5 Å². The van der Waals surface area contributed by atoms with E-state index in [1.165, 1.54) is 88.2 Å². The molecule has 1 aliphatic heterocycles. The number of unbranched alkanes of at least 4 members (excludes halogenated alkanes) is 5. The lowest BCUT2D eigenvalue weighted by Crippen LogP contribution is -2.31. The van der Waals surface area contributed by atoms with Crippen LogP contribution in [0.15, 0.2) is 24.3 Å². The molecular formula is C27H44O2. The molecule has 0 bridgehead atoms. The molecular weight excluding hydrogens is 356 g/mol. The molecule has 1 aliphatic carbocycles. The molecule has 29 heavy (non-hydrogen) atoms. The summed E-state index contributed by atoms with van der Waals surface area (Å²) in [5, 5.41) is 0. The van der Waals surface area contributed by atoms with Crippen molar-refractivity contribution in [1.82, 2.24) is 0 Å². The highest BCUT2D eigenvalue weighted by atomic mass is 16.6. The summed E-state index contributed by atoms with van der Waals surface area (Å²) in [5.74, 6) is 1.75. The number of hydrogen-bond donors (Lipinski definition) is 0. The van der Waals surface area contributed by atoms with Gasteiger partial charge in [-0.05, 0) is 55.1 Å². The van der Waals surface area contributed by atoms with E-state index in [1.54, 1.807) is 0 Å². The Morgan fingerprint density at radius 1 is 0.690 bits per heavy atom. The Labute approximate surface area is 179 Å². The summed E-state index contributed by atoms with van der Waals surface area (Å²) >= 11 is 0. The summed E-state index contributed by atoms with van der Waals surface area (Å²) in [6.45, 7) is 6.02.